The third-order valence-electron chi connectivity index (χ3n) is 5.02. The molecule has 0 fully saturated rings. The van der Waals surface area contributed by atoms with Gasteiger partial charge in [-0.2, -0.15) is 10.2 Å². The standard InChI is InChI=1S/C17H19N5O3/c1-4-25-15(24)17(3)9-7-11-12(8-10(9)21-14(17)23)20-13(19-11)16(2)5-6-18-22-16/h5-8,13,19-20H,4H2,1-3H3,(H,21,23). The molecule has 8 heteroatoms. The molecule has 3 heterocycles. The van der Waals surface area contributed by atoms with Crippen molar-refractivity contribution in [3.05, 3.63) is 30.0 Å². The second kappa shape index (κ2) is 5.05. The number of hydrogen-bond donors (Lipinski definition) is 3. The van der Waals surface area contributed by atoms with E-state index in [1.165, 1.54) is 0 Å². The number of fused-ring (bicyclic) bond motifs is 2. The van der Waals surface area contributed by atoms with Crippen molar-refractivity contribution in [1.82, 2.24) is 0 Å². The van der Waals surface area contributed by atoms with Gasteiger partial charge < -0.3 is 20.7 Å². The van der Waals surface area contributed by atoms with Crippen molar-refractivity contribution < 1.29 is 14.3 Å². The third kappa shape index (κ3) is 2.06. The summed E-state index contributed by atoms with van der Waals surface area (Å²) in [5, 5.41) is 17.7. The third-order valence-corrected chi connectivity index (χ3v) is 5.02. The quantitative estimate of drug-likeness (QED) is 0.578. The normalized spacial score (nSPS) is 31.2. The summed E-state index contributed by atoms with van der Waals surface area (Å²) < 4.78 is 5.12. The molecule has 0 aromatic heterocycles. The summed E-state index contributed by atoms with van der Waals surface area (Å²) >= 11 is 0. The van der Waals surface area contributed by atoms with E-state index in [-0.39, 0.29) is 18.7 Å². The fraction of sp³-hybridized carbons (Fsp3) is 0.412. The van der Waals surface area contributed by atoms with E-state index in [1.807, 2.05) is 25.1 Å². The summed E-state index contributed by atoms with van der Waals surface area (Å²) in [4.78, 5) is 24.8. The van der Waals surface area contributed by atoms with E-state index < -0.39 is 16.9 Å². The second-order valence-electron chi connectivity index (χ2n) is 6.72. The average molecular weight is 341 g/mol. The Hall–Kier alpha value is -2.90. The number of carbonyl (C=O) groups excluding carboxylic acids is 2. The molecule has 130 valence electrons. The summed E-state index contributed by atoms with van der Waals surface area (Å²) in [6, 6.07) is 3.66. The molecule has 3 aliphatic heterocycles. The first-order chi connectivity index (χ1) is 11.9. The molecule has 0 aliphatic carbocycles. The Kier molecular flexibility index (Phi) is 3.15. The van der Waals surface area contributed by atoms with Crippen molar-refractivity contribution >= 4 is 28.9 Å². The SMILES string of the molecule is CCOC(=O)C1(C)C(=O)Nc2cc3c(cc21)NC(C1(C)C=CN=N1)N3. The monoisotopic (exact) mass is 341 g/mol. The molecule has 25 heavy (non-hydrogen) atoms. The van der Waals surface area contributed by atoms with Gasteiger partial charge in [0, 0.05) is 17.5 Å². The van der Waals surface area contributed by atoms with Crippen molar-refractivity contribution in [2.75, 3.05) is 22.6 Å². The van der Waals surface area contributed by atoms with Crippen LogP contribution in [-0.2, 0) is 19.7 Å². The summed E-state index contributed by atoms with van der Waals surface area (Å²) in [5.74, 6) is -0.922. The van der Waals surface area contributed by atoms with Crippen LogP contribution in [0.4, 0.5) is 17.1 Å². The van der Waals surface area contributed by atoms with Crippen LogP contribution >= 0.6 is 0 Å². The molecule has 1 aromatic carbocycles. The Morgan fingerprint density at radius 1 is 1.24 bits per heavy atom. The molecule has 3 unspecified atom stereocenters. The zero-order valence-corrected chi connectivity index (χ0v) is 14.2. The molecule has 0 saturated carbocycles. The van der Waals surface area contributed by atoms with E-state index in [2.05, 4.69) is 26.2 Å². The lowest BCUT2D eigenvalue weighted by molar-refractivity contribution is -0.152. The van der Waals surface area contributed by atoms with Gasteiger partial charge in [0.2, 0.25) is 5.91 Å². The minimum absolute atomic E-state index is 0.169. The van der Waals surface area contributed by atoms with E-state index in [0.29, 0.717) is 11.3 Å². The Labute approximate surface area is 144 Å². The van der Waals surface area contributed by atoms with E-state index in [1.54, 1.807) is 20.0 Å². The topological polar surface area (TPSA) is 104 Å². The maximum Gasteiger partial charge on any atom is 0.326 e. The highest BCUT2D eigenvalue weighted by atomic mass is 16.5. The van der Waals surface area contributed by atoms with Crippen LogP contribution < -0.4 is 16.0 Å². The fourth-order valence-electron chi connectivity index (χ4n) is 3.37. The number of amides is 1. The number of esters is 1. The van der Waals surface area contributed by atoms with Gasteiger partial charge in [-0.15, -0.1) is 0 Å². The van der Waals surface area contributed by atoms with Gasteiger partial charge in [0.1, 0.15) is 11.7 Å². The van der Waals surface area contributed by atoms with Gasteiger partial charge in [-0.3, -0.25) is 9.59 Å². The highest BCUT2D eigenvalue weighted by Gasteiger charge is 2.51. The number of hydrogen-bond acceptors (Lipinski definition) is 7. The van der Waals surface area contributed by atoms with Crippen LogP contribution in [0.25, 0.3) is 0 Å². The van der Waals surface area contributed by atoms with Crippen LogP contribution in [0.2, 0.25) is 0 Å². The number of nitrogens with one attached hydrogen (secondary N) is 3. The van der Waals surface area contributed by atoms with Gasteiger partial charge in [-0.25, -0.2) is 0 Å². The first-order valence-electron chi connectivity index (χ1n) is 8.18. The minimum atomic E-state index is -1.35. The van der Waals surface area contributed by atoms with Gasteiger partial charge >= 0.3 is 5.97 Å². The molecule has 3 aliphatic rings. The van der Waals surface area contributed by atoms with E-state index in [0.717, 1.165) is 11.4 Å². The molecule has 0 radical (unpaired) electrons. The van der Waals surface area contributed by atoms with Gasteiger partial charge in [0.25, 0.3) is 0 Å². The first-order valence-corrected chi connectivity index (χ1v) is 8.18. The zero-order chi connectivity index (χ0) is 17.8. The molecule has 3 atom stereocenters. The number of azo groups is 1. The number of nitrogens with zero attached hydrogens (tertiary/aromatic N) is 2. The smallest absolute Gasteiger partial charge is 0.326 e. The molecule has 0 spiro atoms. The van der Waals surface area contributed by atoms with E-state index in [4.69, 9.17) is 4.74 Å². The van der Waals surface area contributed by atoms with Gasteiger partial charge in [0.15, 0.2) is 5.41 Å². The lowest BCUT2D eigenvalue weighted by Gasteiger charge is -2.25. The number of rotatable bonds is 3. The molecule has 8 nitrogen and oxygen atoms in total. The Balaban J connectivity index is 1.71. The predicted octanol–water partition coefficient (Wildman–Crippen LogP) is 2.36. The van der Waals surface area contributed by atoms with Crippen LogP contribution in [0.5, 0.6) is 0 Å². The summed E-state index contributed by atoms with van der Waals surface area (Å²) in [6.45, 7) is 5.50. The number of benzene rings is 1. The van der Waals surface area contributed by atoms with Crippen molar-refractivity contribution in [1.29, 1.82) is 0 Å². The average Bonchev–Trinajstić information content (AvgIpc) is 3.25. The van der Waals surface area contributed by atoms with Crippen molar-refractivity contribution in [2.24, 2.45) is 10.2 Å². The zero-order valence-electron chi connectivity index (χ0n) is 14.2. The van der Waals surface area contributed by atoms with Crippen LogP contribution in [0.3, 0.4) is 0 Å². The maximum atomic E-state index is 12.4. The highest BCUT2D eigenvalue weighted by Crippen LogP contribution is 2.46. The summed E-state index contributed by atoms with van der Waals surface area (Å²) in [7, 11) is 0. The fourth-order valence-corrected chi connectivity index (χ4v) is 3.37. The summed E-state index contributed by atoms with van der Waals surface area (Å²) in [5.41, 5.74) is 1.02. The van der Waals surface area contributed by atoms with Crippen molar-refractivity contribution in [3.8, 4) is 0 Å². The maximum absolute atomic E-state index is 12.4. The van der Waals surface area contributed by atoms with Gasteiger partial charge in [-0.05, 0) is 39.0 Å². The largest absolute Gasteiger partial charge is 0.465 e. The Morgan fingerprint density at radius 3 is 2.60 bits per heavy atom. The van der Waals surface area contributed by atoms with E-state index in [9.17, 15) is 9.59 Å². The molecule has 0 saturated heterocycles. The predicted molar refractivity (Wildman–Crippen MR) is 92.5 cm³/mol. The molecule has 3 N–H and O–H groups in total. The molecular weight excluding hydrogens is 322 g/mol. The Bertz CT molecular complexity index is 835. The van der Waals surface area contributed by atoms with Gasteiger partial charge in [-0.1, -0.05) is 0 Å². The summed E-state index contributed by atoms with van der Waals surface area (Å²) in [6.07, 6.45) is 3.42. The highest BCUT2D eigenvalue weighted by molar-refractivity contribution is 6.19. The second-order valence-corrected chi connectivity index (χ2v) is 6.72. The number of carbonyl (C=O) groups is 2. The van der Waals surface area contributed by atoms with Crippen LogP contribution in [0.15, 0.2) is 34.6 Å². The van der Waals surface area contributed by atoms with Crippen molar-refractivity contribution in [3.63, 3.8) is 0 Å². The molecule has 1 aromatic rings. The lowest BCUT2D eigenvalue weighted by atomic mass is 9.83. The van der Waals surface area contributed by atoms with Crippen molar-refractivity contribution in [2.45, 2.75) is 37.9 Å². The molecule has 0 bridgehead atoms. The minimum Gasteiger partial charge on any atom is -0.465 e. The van der Waals surface area contributed by atoms with E-state index >= 15 is 0 Å². The molecule has 4 rings (SSSR count). The lowest BCUT2D eigenvalue weighted by Crippen LogP contribution is -2.43. The van der Waals surface area contributed by atoms with Crippen LogP contribution in [-0.4, -0.2) is 30.2 Å². The first kappa shape index (κ1) is 15.6. The van der Waals surface area contributed by atoms with Crippen LogP contribution in [0.1, 0.15) is 26.3 Å². The number of ether oxygens (including phenoxy) is 1. The van der Waals surface area contributed by atoms with Gasteiger partial charge in [0.05, 0.1) is 18.0 Å². The molecular formula is C17H19N5O3. The molecule has 1 amide bonds. The van der Waals surface area contributed by atoms with Crippen LogP contribution in [0, 0.1) is 0 Å². The Morgan fingerprint density at radius 2 is 1.96 bits per heavy atom. The number of anilines is 3.